The summed E-state index contributed by atoms with van der Waals surface area (Å²) in [5.41, 5.74) is -2.73. The Bertz CT molecular complexity index is 495. The molecule has 1 aliphatic rings. The summed E-state index contributed by atoms with van der Waals surface area (Å²) in [7, 11) is 0. The number of hydrogen-bond acceptors (Lipinski definition) is 1. The van der Waals surface area contributed by atoms with E-state index in [-0.39, 0.29) is 12.8 Å². The van der Waals surface area contributed by atoms with Crippen molar-refractivity contribution < 1.29 is 27.5 Å². The van der Waals surface area contributed by atoms with Gasteiger partial charge in [0.2, 0.25) is 0 Å². The molecule has 2 nitrogen and oxygen atoms in total. The highest BCUT2D eigenvalue weighted by Crippen LogP contribution is 2.46. The second-order valence-electron chi connectivity index (χ2n) is 4.41. The molecule has 2 rings (SSSR count). The van der Waals surface area contributed by atoms with Crippen molar-refractivity contribution in [1.29, 1.82) is 0 Å². The minimum Gasteiger partial charge on any atom is -0.481 e. The van der Waals surface area contributed by atoms with Crippen LogP contribution >= 0.6 is 0 Å². The largest absolute Gasteiger partial charge is 0.481 e. The van der Waals surface area contributed by atoms with Crippen LogP contribution in [-0.4, -0.2) is 11.1 Å². The third kappa shape index (κ3) is 1.76. The Morgan fingerprint density at radius 1 is 1.28 bits per heavy atom. The smallest absolute Gasteiger partial charge is 0.314 e. The van der Waals surface area contributed by atoms with Gasteiger partial charge < -0.3 is 5.11 Å². The van der Waals surface area contributed by atoms with Crippen LogP contribution in [0.2, 0.25) is 0 Å². The van der Waals surface area contributed by atoms with Crippen LogP contribution in [0.3, 0.4) is 0 Å². The summed E-state index contributed by atoms with van der Waals surface area (Å²) in [4.78, 5) is 11.2. The molecule has 0 atom stereocenters. The van der Waals surface area contributed by atoms with Crippen LogP contribution in [-0.2, 0) is 10.2 Å². The molecule has 0 heterocycles. The van der Waals surface area contributed by atoms with Gasteiger partial charge in [-0.25, -0.2) is 17.6 Å². The summed E-state index contributed by atoms with van der Waals surface area (Å²) in [6.45, 7) is 0. The van der Waals surface area contributed by atoms with E-state index in [1.54, 1.807) is 0 Å². The molecule has 0 amide bonds. The fourth-order valence-electron chi connectivity index (χ4n) is 2.21. The number of carboxylic acids is 1. The summed E-state index contributed by atoms with van der Waals surface area (Å²) in [6, 6.07) is 1.16. The van der Waals surface area contributed by atoms with Gasteiger partial charge >= 0.3 is 5.97 Å². The minimum atomic E-state index is -2.97. The Kier molecular flexibility index (Phi) is 3.04. The van der Waals surface area contributed by atoms with Crippen molar-refractivity contribution in [2.45, 2.75) is 31.1 Å². The van der Waals surface area contributed by atoms with Crippen molar-refractivity contribution in [2.24, 2.45) is 0 Å². The van der Waals surface area contributed by atoms with Gasteiger partial charge in [0.05, 0.1) is 5.41 Å². The second kappa shape index (κ2) is 4.26. The quantitative estimate of drug-likeness (QED) is 0.847. The van der Waals surface area contributed by atoms with Gasteiger partial charge in [0.15, 0.2) is 11.6 Å². The molecular weight excluding hydrogens is 252 g/mol. The van der Waals surface area contributed by atoms with E-state index in [1.807, 2.05) is 0 Å². The molecule has 0 aliphatic heterocycles. The summed E-state index contributed by atoms with van der Waals surface area (Å²) in [5, 5.41) is 9.11. The van der Waals surface area contributed by atoms with Crippen molar-refractivity contribution in [1.82, 2.24) is 0 Å². The predicted molar refractivity (Wildman–Crippen MR) is 54.5 cm³/mol. The van der Waals surface area contributed by atoms with Crippen LogP contribution in [0.25, 0.3) is 0 Å². The lowest BCUT2D eigenvalue weighted by Gasteiger charge is -2.38. The van der Waals surface area contributed by atoms with E-state index in [2.05, 4.69) is 0 Å². The molecule has 0 radical (unpaired) electrons. The van der Waals surface area contributed by atoms with Gasteiger partial charge in [-0.15, -0.1) is 0 Å². The maximum Gasteiger partial charge on any atom is 0.314 e. The van der Waals surface area contributed by atoms with Crippen molar-refractivity contribution in [3.63, 3.8) is 0 Å². The second-order valence-corrected chi connectivity index (χ2v) is 4.41. The monoisotopic (exact) mass is 262 g/mol. The van der Waals surface area contributed by atoms with Gasteiger partial charge in [-0.1, -0.05) is 6.42 Å². The first-order valence-corrected chi connectivity index (χ1v) is 5.39. The third-order valence-corrected chi connectivity index (χ3v) is 3.43. The lowest BCUT2D eigenvalue weighted by atomic mass is 9.64. The molecule has 1 fully saturated rings. The molecule has 1 N–H and O–H groups in total. The number of carbonyl (C=O) groups is 1. The molecule has 0 spiro atoms. The first-order valence-electron chi connectivity index (χ1n) is 5.39. The highest BCUT2D eigenvalue weighted by Gasteiger charge is 2.48. The van der Waals surface area contributed by atoms with E-state index >= 15 is 0 Å². The molecule has 18 heavy (non-hydrogen) atoms. The van der Waals surface area contributed by atoms with Crippen molar-refractivity contribution >= 4 is 5.97 Å². The predicted octanol–water partition coefficient (Wildman–Crippen LogP) is 3.41. The molecule has 0 unspecified atom stereocenters. The zero-order valence-electron chi connectivity index (χ0n) is 9.22. The highest BCUT2D eigenvalue weighted by atomic mass is 19.3. The van der Waals surface area contributed by atoms with Gasteiger partial charge in [-0.2, -0.15) is 0 Å². The van der Waals surface area contributed by atoms with E-state index in [0.717, 1.165) is 6.07 Å². The number of aliphatic carboxylic acids is 1. The SMILES string of the molecule is O=C(O)C1(c2cc(C(F)F)cc(F)c2F)CCC1. The van der Waals surface area contributed by atoms with E-state index in [9.17, 15) is 22.4 Å². The van der Waals surface area contributed by atoms with E-state index in [4.69, 9.17) is 5.11 Å². The molecule has 0 bridgehead atoms. The number of carboxylic acid groups (broad SMARTS) is 1. The molecule has 1 aliphatic carbocycles. The first-order chi connectivity index (χ1) is 8.38. The maximum atomic E-state index is 13.6. The van der Waals surface area contributed by atoms with Gasteiger partial charge in [0, 0.05) is 11.1 Å². The number of hydrogen-bond donors (Lipinski definition) is 1. The zero-order valence-corrected chi connectivity index (χ0v) is 9.22. The van der Waals surface area contributed by atoms with Gasteiger partial charge in [-0.3, -0.25) is 4.79 Å². The Hall–Kier alpha value is -1.59. The topological polar surface area (TPSA) is 37.3 Å². The Balaban J connectivity index is 2.59. The maximum absolute atomic E-state index is 13.6. The highest BCUT2D eigenvalue weighted by molar-refractivity contribution is 5.82. The number of rotatable bonds is 3. The number of alkyl halides is 2. The molecule has 1 aromatic rings. The van der Waals surface area contributed by atoms with Gasteiger partial charge in [0.25, 0.3) is 6.43 Å². The van der Waals surface area contributed by atoms with Crippen LogP contribution in [0, 0.1) is 11.6 Å². The summed E-state index contributed by atoms with van der Waals surface area (Å²) in [6.07, 6.45) is -2.16. The Morgan fingerprint density at radius 3 is 2.28 bits per heavy atom. The van der Waals surface area contributed by atoms with Crippen LogP contribution in [0.5, 0.6) is 0 Å². The number of benzene rings is 1. The average molecular weight is 262 g/mol. The van der Waals surface area contributed by atoms with Crippen LogP contribution in [0.1, 0.15) is 36.8 Å². The fraction of sp³-hybridized carbons (Fsp3) is 0.417. The molecular formula is C12H10F4O2. The van der Waals surface area contributed by atoms with Gasteiger partial charge in [0.1, 0.15) is 0 Å². The standard InChI is InChI=1S/C12H10F4O2/c13-8-5-6(10(15)16)4-7(9(8)14)12(11(17)18)2-1-3-12/h4-5,10H,1-3H2,(H,17,18). The van der Waals surface area contributed by atoms with Gasteiger partial charge in [-0.05, 0) is 25.0 Å². The Labute approximate surface area is 100 Å². The first kappa shape index (κ1) is 12.9. The van der Waals surface area contributed by atoms with Crippen molar-refractivity contribution in [2.75, 3.05) is 0 Å². The Morgan fingerprint density at radius 2 is 1.89 bits per heavy atom. The van der Waals surface area contributed by atoms with E-state index in [1.165, 1.54) is 0 Å². The fourth-order valence-corrected chi connectivity index (χ4v) is 2.21. The molecule has 0 aromatic heterocycles. The van der Waals surface area contributed by atoms with E-state index < -0.39 is 40.6 Å². The minimum absolute atomic E-state index is 0.130. The van der Waals surface area contributed by atoms with Crippen molar-refractivity contribution in [3.8, 4) is 0 Å². The normalized spacial score (nSPS) is 17.6. The summed E-state index contributed by atoms with van der Waals surface area (Å²) < 4.78 is 52.0. The zero-order chi connectivity index (χ0) is 13.5. The van der Waals surface area contributed by atoms with Crippen LogP contribution in [0.4, 0.5) is 17.6 Å². The molecule has 6 heteroatoms. The van der Waals surface area contributed by atoms with Crippen molar-refractivity contribution in [3.05, 3.63) is 34.9 Å². The average Bonchev–Trinajstić information content (AvgIpc) is 2.21. The lowest BCUT2D eigenvalue weighted by molar-refractivity contribution is -0.147. The molecule has 0 saturated heterocycles. The van der Waals surface area contributed by atoms with Crippen LogP contribution in [0.15, 0.2) is 12.1 Å². The lowest BCUT2D eigenvalue weighted by Crippen LogP contribution is -2.43. The van der Waals surface area contributed by atoms with Crippen LogP contribution < -0.4 is 0 Å². The number of halogens is 4. The molecule has 1 saturated carbocycles. The third-order valence-electron chi connectivity index (χ3n) is 3.43. The molecule has 1 aromatic carbocycles. The van der Waals surface area contributed by atoms with E-state index in [0.29, 0.717) is 12.5 Å². The summed E-state index contributed by atoms with van der Waals surface area (Å²) in [5.74, 6) is -4.09. The summed E-state index contributed by atoms with van der Waals surface area (Å²) >= 11 is 0. The molecule has 98 valence electrons.